The first kappa shape index (κ1) is 17.6. The molecule has 1 saturated heterocycles. The molecule has 0 aliphatic carbocycles. The van der Waals surface area contributed by atoms with Crippen LogP contribution in [0.3, 0.4) is 0 Å². The first-order chi connectivity index (χ1) is 12.0. The second kappa shape index (κ2) is 7.34. The van der Waals surface area contributed by atoms with Gasteiger partial charge >= 0.3 is 0 Å². The number of rotatable bonds is 4. The van der Waals surface area contributed by atoms with Crippen LogP contribution in [-0.4, -0.2) is 23.9 Å². The Morgan fingerprint density at radius 2 is 1.92 bits per heavy atom. The largest absolute Gasteiger partial charge is 0.366 e. The van der Waals surface area contributed by atoms with Gasteiger partial charge in [0, 0.05) is 28.3 Å². The smallest absolute Gasteiger partial charge is 0.293 e. The Hall–Kier alpha value is -2.23. The van der Waals surface area contributed by atoms with Crippen molar-refractivity contribution in [3.63, 3.8) is 0 Å². The Balaban J connectivity index is 1.87. The fourth-order valence-corrected chi connectivity index (χ4v) is 3.27. The summed E-state index contributed by atoms with van der Waals surface area (Å²) < 4.78 is 14.6. The molecule has 130 valence electrons. The highest BCUT2D eigenvalue weighted by molar-refractivity contribution is 14.1. The summed E-state index contributed by atoms with van der Waals surface area (Å²) in [5.41, 5.74) is 0.557. The molecule has 25 heavy (non-hydrogen) atoms. The van der Waals surface area contributed by atoms with Gasteiger partial charge in [0.15, 0.2) is 0 Å². The minimum atomic E-state index is -0.587. The van der Waals surface area contributed by atoms with Gasteiger partial charge in [0.05, 0.1) is 10.6 Å². The Morgan fingerprint density at radius 3 is 2.56 bits per heavy atom. The zero-order valence-electron chi connectivity index (χ0n) is 13.2. The minimum absolute atomic E-state index is 0.0386. The molecule has 0 saturated carbocycles. The van der Waals surface area contributed by atoms with E-state index < -0.39 is 16.6 Å². The summed E-state index contributed by atoms with van der Waals surface area (Å²) in [5, 5.41) is 13.8. The number of benzene rings is 2. The predicted octanol–water partition coefficient (Wildman–Crippen LogP) is 4.19. The van der Waals surface area contributed by atoms with E-state index in [0.29, 0.717) is 9.26 Å². The van der Waals surface area contributed by atoms with Crippen LogP contribution in [0.2, 0.25) is 0 Å². The Morgan fingerprint density at radius 1 is 1.20 bits per heavy atom. The van der Waals surface area contributed by atoms with Crippen molar-refractivity contribution in [1.29, 1.82) is 0 Å². The Kier molecular flexibility index (Phi) is 5.16. The molecule has 1 aliphatic heterocycles. The molecule has 1 aliphatic rings. The van der Waals surface area contributed by atoms with E-state index in [-0.39, 0.29) is 16.9 Å². The number of hydrogen-bond donors (Lipinski definition) is 1. The van der Waals surface area contributed by atoms with Crippen molar-refractivity contribution < 1.29 is 14.1 Å². The summed E-state index contributed by atoms with van der Waals surface area (Å²) >= 11 is 1.97. The fraction of sp³-hybridized carbons (Fsp3) is 0.235. The second-order valence-corrected chi connectivity index (χ2v) is 6.98. The molecule has 1 fully saturated rings. The summed E-state index contributed by atoms with van der Waals surface area (Å²) in [4.78, 5) is 25.2. The van der Waals surface area contributed by atoms with Gasteiger partial charge in [-0.25, -0.2) is 4.39 Å². The minimum Gasteiger partial charge on any atom is -0.366 e. The first-order valence-corrected chi connectivity index (χ1v) is 8.83. The average Bonchev–Trinajstić information content (AvgIpc) is 3.11. The van der Waals surface area contributed by atoms with Crippen molar-refractivity contribution >= 4 is 45.6 Å². The predicted molar refractivity (Wildman–Crippen MR) is 102 cm³/mol. The van der Waals surface area contributed by atoms with Crippen molar-refractivity contribution in [3.8, 4) is 0 Å². The SMILES string of the molecule is O=C(Nc1ccc(I)cc1F)c1ccc(N2CCCC2)c([N+](=O)[O-])c1. The summed E-state index contributed by atoms with van der Waals surface area (Å²) in [6.45, 7) is 1.53. The van der Waals surface area contributed by atoms with Gasteiger partial charge in [-0.2, -0.15) is 0 Å². The van der Waals surface area contributed by atoms with Gasteiger partial charge < -0.3 is 10.2 Å². The van der Waals surface area contributed by atoms with E-state index >= 15 is 0 Å². The number of halogens is 2. The number of nitrogens with one attached hydrogen (secondary N) is 1. The van der Waals surface area contributed by atoms with Gasteiger partial charge in [-0.05, 0) is 65.8 Å². The maximum absolute atomic E-state index is 13.9. The van der Waals surface area contributed by atoms with Crippen molar-refractivity contribution in [2.45, 2.75) is 12.8 Å². The first-order valence-electron chi connectivity index (χ1n) is 7.75. The summed E-state index contributed by atoms with van der Waals surface area (Å²) in [6, 6.07) is 8.78. The van der Waals surface area contributed by atoms with Gasteiger partial charge in [0.2, 0.25) is 0 Å². The molecule has 1 heterocycles. The van der Waals surface area contributed by atoms with Crippen LogP contribution in [0.5, 0.6) is 0 Å². The topological polar surface area (TPSA) is 75.5 Å². The summed E-state index contributed by atoms with van der Waals surface area (Å²) in [6.07, 6.45) is 1.98. The number of nitro benzene ring substituents is 1. The van der Waals surface area contributed by atoms with Crippen LogP contribution in [0, 0.1) is 19.5 Å². The monoisotopic (exact) mass is 455 g/mol. The van der Waals surface area contributed by atoms with Gasteiger partial charge in [-0.1, -0.05) is 0 Å². The lowest BCUT2D eigenvalue weighted by Gasteiger charge is -2.17. The van der Waals surface area contributed by atoms with E-state index in [1.807, 2.05) is 27.5 Å². The molecule has 2 aromatic rings. The van der Waals surface area contributed by atoms with Crippen LogP contribution < -0.4 is 10.2 Å². The Bertz CT molecular complexity index is 838. The lowest BCUT2D eigenvalue weighted by Crippen LogP contribution is -2.20. The van der Waals surface area contributed by atoms with Crippen molar-refractivity contribution in [2.24, 2.45) is 0 Å². The lowest BCUT2D eigenvalue weighted by molar-refractivity contribution is -0.384. The van der Waals surface area contributed by atoms with Crippen LogP contribution >= 0.6 is 22.6 Å². The molecule has 0 bridgehead atoms. The zero-order chi connectivity index (χ0) is 18.0. The molecule has 0 unspecified atom stereocenters. The van der Waals surface area contributed by atoms with E-state index in [1.165, 1.54) is 24.3 Å². The van der Waals surface area contributed by atoms with Crippen LogP contribution in [0.4, 0.5) is 21.5 Å². The molecule has 1 amide bonds. The van der Waals surface area contributed by atoms with Gasteiger partial charge in [0.1, 0.15) is 11.5 Å². The van der Waals surface area contributed by atoms with E-state index in [4.69, 9.17) is 0 Å². The van der Waals surface area contributed by atoms with Gasteiger partial charge in [0.25, 0.3) is 11.6 Å². The molecule has 8 heteroatoms. The van der Waals surface area contributed by atoms with Gasteiger partial charge in [-0.3, -0.25) is 14.9 Å². The summed E-state index contributed by atoms with van der Waals surface area (Å²) in [5.74, 6) is -1.14. The van der Waals surface area contributed by atoms with Crippen LogP contribution in [0.25, 0.3) is 0 Å². The molecule has 0 spiro atoms. The molecule has 6 nitrogen and oxygen atoms in total. The molecule has 0 radical (unpaired) electrons. The number of amides is 1. The number of nitrogens with zero attached hydrogens (tertiary/aromatic N) is 2. The van der Waals surface area contributed by atoms with E-state index in [2.05, 4.69) is 5.32 Å². The van der Waals surface area contributed by atoms with Crippen molar-refractivity contribution in [1.82, 2.24) is 0 Å². The molecule has 0 aromatic heterocycles. The lowest BCUT2D eigenvalue weighted by atomic mass is 10.1. The molecular weight excluding hydrogens is 440 g/mol. The highest BCUT2D eigenvalue weighted by atomic mass is 127. The third-order valence-electron chi connectivity index (χ3n) is 4.06. The highest BCUT2D eigenvalue weighted by Crippen LogP contribution is 2.32. The molecule has 2 aromatic carbocycles. The third kappa shape index (κ3) is 3.89. The van der Waals surface area contributed by atoms with E-state index in [0.717, 1.165) is 25.9 Å². The van der Waals surface area contributed by atoms with Crippen molar-refractivity contribution in [2.75, 3.05) is 23.3 Å². The maximum Gasteiger partial charge on any atom is 0.293 e. The standard InChI is InChI=1S/C17H15FIN3O3/c18-13-10-12(19)4-5-14(13)20-17(23)11-3-6-15(16(9-11)22(24)25)21-7-1-2-8-21/h3-6,9-10H,1-2,7-8H2,(H,20,23). The molecule has 0 atom stereocenters. The number of hydrogen-bond acceptors (Lipinski definition) is 4. The third-order valence-corrected chi connectivity index (χ3v) is 4.73. The number of carbonyl (C=O) groups is 1. The molecule has 3 rings (SSSR count). The number of carbonyl (C=O) groups excluding carboxylic acids is 1. The second-order valence-electron chi connectivity index (χ2n) is 5.73. The molecule has 1 N–H and O–H groups in total. The molecular formula is C17H15FIN3O3. The van der Waals surface area contributed by atoms with E-state index in [9.17, 15) is 19.3 Å². The van der Waals surface area contributed by atoms with Crippen LogP contribution in [0.15, 0.2) is 36.4 Å². The quantitative estimate of drug-likeness (QED) is 0.426. The fourth-order valence-electron chi connectivity index (χ4n) is 2.82. The average molecular weight is 455 g/mol. The summed E-state index contributed by atoms with van der Waals surface area (Å²) in [7, 11) is 0. The normalized spacial score (nSPS) is 13.8. The number of anilines is 2. The zero-order valence-corrected chi connectivity index (χ0v) is 15.3. The number of nitro groups is 1. The highest BCUT2D eigenvalue weighted by Gasteiger charge is 2.24. The van der Waals surface area contributed by atoms with E-state index in [1.54, 1.807) is 12.1 Å². The van der Waals surface area contributed by atoms with Gasteiger partial charge in [-0.15, -0.1) is 0 Å². The maximum atomic E-state index is 13.9. The van der Waals surface area contributed by atoms with Crippen molar-refractivity contribution in [3.05, 3.63) is 61.5 Å². The Labute approximate surface area is 157 Å². The van der Waals surface area contributed by atoms with Crippen LogP contribution in [0.1, 0.15) is 23.2 Å². The van der Waals surface area contributed by atoms with Crippen LogP contribution in [-0.2, 0) is 0 Å².